The number of unbranched alkanes of at least 4 members (excludes halogenated alkanes) is 1. The third-order valence-electron chi connectivity index (χ3n) is 4.36. The van der Waals surface area contributed by atoms with Gasteiger partial charge in [-0.15, -0.1) is 0 Å². The fourth-order valence-electron chi connectivity index (χ4n) is 3.05. The largest absolute Gasteiger partial charge is 0.392 e. The second-order valence-corrected chi connectivity index (χ2v) is 6.16. The average molecular weight is 320 g/mol. The number of nitrogens with one attached hydrogen (secondary N) is 1. The third-order valence-corrected chi connectivity index (χ3v) is 4.92. The van der Waals surface area contributed by atoms with Crippen LogP contribution in [0, 0.1) is 5.41 Å². The van der Waals surface area contributed by atoms with Crippen molar-refractivity contribution in [3.05, 3.63) is 0 Å². The van der Waals surface area contributed by atoms with Crippen LogP contribution < -0.4 is 5.32 Å². The number of aliphatic hydroxyl groups is 1. The number of ether oxygens (including phenoxy) is 1. The summed E-state index contributed by atoms with van der Waals surface area (Å²) in [7, 11) is 0. The molecule has 2 rings (SSSR count). The Balaban J connectivity index is 1.80. The summed E-state index contributed by atoms with van der Waals surface area (Å²) in [5.41, 5.74) is -0.108. The SMILES string of the molecule is O=C(CCCCBr)NC1CC(O)C12CCOCC2. The van der Waals surface area contributed by atoms with Gasteiger partial charge in [0.1, 0.15) is 0 Å². The topological polar surface area (TPSA) is 58.6 Å². The minimum absolute atomic E-state index is 0.108. The Morgan fingerprint density at radius 1 is 1.39 bits per heavy atom. The van der Waals surface area contributed by atoms with Crippen LogP contribution in [0.4, 0.5) is 0 Å². The first-order valence-electron chi connectivity index (χ1n) is 6.80. The lowest BCUT2D eigenvalue weighted by Gasteiger charge is -2.55. The summed E-state index contributed by atoms with van der Waals surface area (Å²) < 4.78 is 5.35. The lowest BCUT2D eigenvalue weighted by molar-refractivity contribution is -0.156. The molecule has 0 aromatic heterocycles. The minimum atomic E-state index is -0.269. The molecule has 1 saturated carbocycles. The Hall–Kier alpha value is -0.130. The van der Waals surface area contributed by atoms with Crippen LogP contribution in [0.1, 0.15) is 38.5 Å². The van der Waals surface area contributed by atoms with Crippen LogP contribution >= 0.6 is 15.9 Å². The van der Waals surface area contributed by atoms with E-state index in [2.05, 4.69) is 21.2 Å². The van der Waals surface area contributed by atoms with E-state index in [9.17, 15) is 9.90 Å². The van der Waals surface area contributed by atoms with Gasteiger partial charge in [-0.1, -0.05) is 15.9 Å². The number of hydrogen-bond acceptors (Lipinski definition) is 3. The van der Waals surface area contributed by atoms with Gasteiger partial charge >= 0.3 is 0 Å². The van der Waals surface area contributed by atoms with E-state index in [0.29, 0.717) is 26.1 Å². The lowest BCUT2D eigenvalue weighted by Crippen LogP contribution is -2.65. The van der Waals surface area contributed by atoms with Crippen LogP contribution in [-0.4, -0.2) is 41.7 Å². The molecule has 1 heterocycles. The molecule has 2 N–H and O–H groups in total. The Bertz CT molecular complexity index is 292. The zero-order chi connectivity index (χ0) is 13.0. The van der Waals surface area contributed by atoms with E-state index in [1.54, 1.807) is 0 Å². The van der Waals surface area contributed by atoms with Gasteiger partial charge in [-0.05, 0) is 32.1 Å². The van der Waals surface area contributed by atoms with Crippen molar-refractivity contribution in [3.8, 4) is 0 Å². The van der Waals surface area contributed by atoms with Crippen molar-refractivity contribution >= 4 is 21.8 Å². The van der Waals surface area contributed by atoms with Gasteiger partial charge in [-0.3, -0.25) is 4.79 Å². The Kier molecular flexibility index (Phi) is 5.04. The van der Waals surface area contributed by atoms with Crippen LogP contribution in [0.5, 0.6) is 0 Å². The number of carbonyl (C=O) groups excluding carboxylic acids is 1. The molecule has 2 fully saturated rings. The van der Waals surface area contributed by atoms with E-state index in [0.717, 1.165) is 31.0 Å². The summed E-state index contributed by atoms with van der Waals surface area (Å²) >= 11 is 3.36. The summed E-state index contributed by atoms with van der Waals surface area (Å²) in [5, 5.41) is 14.1. The van der Waals surface area contributed by atoms with Gasteiger partial charge in [-0.2, -0.15) is 0 Å². The molecular formula is C13H22BrNO3. The second-order valence-electron chi connectivity index (χ2n) is 5.36. The molecule has 4 nitrogen and oxygen atoms in total. The van der Waals surface area contributed by atoms with Crippen molar-refractivity contribution in [2.24, 2.45) is 5.41 Å². The molecule has 1 amide bonds. The summed E-state index contributed by atoms with van der Waals surface area (Å²) in [6.07, 6.45) is 4.69. The van der Waals surface area contributed by atoms with Gasteiger partial charge in [0.15, 0.2) is 0 Å². The Morgan fingerprint density at radius 3 is 2.72 bits per heavy atom. The molecule has 0 radical (unpaired) electrons. The molecule has 1 aliphatic heterocycles. The van der Waals surface area contributed by atoms with Crippen molar-refractivity contribution in [2.75, 3.05) is 18.5 Å². The summed E-state index contributed by atoms with van der Waals surface area (Å²) in [6, 6.07) is 0.146. The van der Waals surface area contributed by atoms with E-state index in [1.807, 2.05) is 0 Å². The first kappa shape index (κ1) is 14.3. The van der Waals surface area contributed by atoms with Crippen LogP contribution in [0.2, 0.25) is 0 Å². The summed E-state index contributed by atoms with van der Waals surface area (Å²) in [6.45, 7) is 1.40. The number of amides is 1. The lowest BCUT2D eigenvalue weighted by atomic mass is 9.58. The first-order chi connectivity index (χ1) is 8.69. The highest BCUT2D eigenvalue weighted by atomic mass is 79.9. The predicted octanol–water partition coefficient (Wildman–Crippen LogP) is 1.60. The van der Waals surface area contributed by atoms with E-state index in [-0.39, 0.29) is 23.5 Å². The van der Waals surface area contributed by atoms with Gasteiger partial charge in [-0.25, -0.2) is 0 Å². The highest BCUT2D eigenvalue weighted by Gasteiger charge is 2.55. The fourth-order valence-corrected chi connectivity index (χ4v) is 3.44. The number of halogens is 1. The molecule has 1 saturated heterocycles. The molecule has 1 aliphatic carbocycles. The minimum Gasteiger partial charge on any atom is -0.392 e. The van der Waals surface area contributed by atoms with Crippen LogP contribution in [-0.2, 0) is 9.53 Å². The predicted molar refractivity (Wildman–Crippen MR) is 72.7 cm³/mol. The first-order valence-corrected chi connectivity index (χ1v) is 7.92. The molecule has 0 bridgehead atoms. The standard InChI is InChI=1S/C13H22BrNO3/c14-6-2-1-3-12(17)15-10-9-11(16)13(10)4-7-18-8-5-13/h10-11,16H,1-9H2,(H,15,17). The Morgan fingerprint density at radius 2 is 2.11 bits per heavy atom. The molecule has 5 heteroatoms. The average Bonchev–Trinajstić information content (AvgIpc) is 2.40. The van der Waals surface area contributed by atoms with Crippen molar-refractivity contribution in [1.29, 1.82) is 0 Å². The van der Waals surface area contributed by atoms with E-state index in [4.69, 9.17) is 4.74 Å². The maximum atomic E-state index is 11.8. The van der Waals surface area contributed by atoms with Crippen molar-refractivity contribution in [1.82, 2.24) is 5.32 Å². The van der Waals surface area contributed by atoms with Gasteiger partial charge in [0.2, 0.25) is 5.91 Å². The molecule has 1 spiro atoms. The fraction of sp³-hybridized carbons (Fsp3) is 0.923. The number of alkyl halides is 1. The van der Waals surface area contributed by atoms with Crippen molar-refractivity contribution in [3.63, 3.8) is 0 Å². The smallest absolute Gasteiger partial charge is 0.220 e. The molecule has 2 aliphatic rings. The summed E-state index contributed by atoms with van der Waals surface area (Å²) in [5.74, 6) is 0.124. The van der Waals surface area contributed by atoms with Crippen LogP contribution in [0.15, 0.2) is 0 Å². The van der Waals surface area contributed by atoms with Gasteiger partial charge in [0.25, 0.3) is 0 Å². The quantitative estimate of drug-likeness (QED) is 0.597. The third kappa shape index (κ3) is 2.89. The number of rotatable bonds is 5. The van der Waals surface area contributed by atoms with E-state index >= 15 is 0 Å². The molecule has 0 aromatic carbocycles. The second kappa shape index (κ2) is 6.35. The number of hydrogen-bond donors (Lipinski definition) is 2. The maximum Gasteiger partial charge on any atom is 0.220 e. The molecule has 18 heavy (non-hydrogen) atoms. The normalized spacial score (nSPS) is 29.9. The molecule has 104 valence electrons. The highest BCUT2D eigenvalue weighted by molar-refractivity contribution is 9.09. The van der Waals surface area contributed by atoms with Gasteiger partial charge in [0, 0.05) is 36.4 Å². The van der Waals surface area contributed by atoms with E-state index in [1.165, 1.54) is 0 Å². The Labute approximate surface area is 117 Å². The monoisotopic (exact) mass is 319 g/mol. The molecule has 2 atom stereocenters. The molecule has 0 aromatic rings. The van der Waals surface area contributed by atoms with Gasteiger partial charge in [0.05, 0.1) is 6.10 Å². The molecular weight excluding hydrogens is 298 g/mol. The van der Waals surface area contributed by atoms with Gasteiger partial charge < -0.3 is 15.2 Å². The number of aliphatic hydroxyl groups excluding tert-OH is 1. The van der Waals surface area contributed by atoms with Crippen LogP contribution in [0.3, 0.4) is 0 Å². The molecule has 2 unspecified atom stereocenters. The maximum absolute atomic E-state index is 11.8. The van der Waals surface area contributed by atoms with Crippen LogP contribution in [0.25, 0.3) is 0 Å². The highest BCUT2D eigenvalue weighted by Crippen LogP contribution is 2.48. The van der Waals surface area contributed by atoms with Crippen molar-refractivity contribution in [2.45, 2.75) is 50.7 Å². The van der Waals surface area contributed by atoms with E-state index < -0.39 is 0 Å². The van der Waals surface area contributed by atoms with Crippen molar-refractivity contribution < 1.29 is 14.6 Å². The summed E-state index contributed by atoms with van der Waals surface area (Å²) in [4.78, 5) is 11.8. The zero-order valence-electron chi connectivity index (χ0n) is 10.7. The number of carbonyl (C=O) groups is 1. The zero-order valence-corrected chi connectivity index (χ0v) is 12.2.